The molecule has 0 bridgehead atoms. The smallest absolute Gasteiger partial charge is 0.273 e. The number of benzene rings is 1. The fourth-order valence-electron chi connectivity index (χ4n) is 3.48. The number of nitrogens with zero attached hydrogens (tertiary/aromatic N) is 4. The number of thiazole rings is 1. The van der Waals surface area contributed by atoms with Gasteiger partial charge >= 0.3 is 0 Å². The van der Waals surface area contributed by atoms with Crippen molar-refractivity contribution in [1.29, 1.82) is 0 Å². The summed E-state index contributed by atoms with van der Waals surface area (Å²) in [6.45, 7) is 1.39. The monoisotopic (exact) mass is 380 g/mol. The molecule has 2 aliphatic rings. The molecule has 1 aliphatic heterocycles. The molecule has 0 unspecified atom stereocenters. The molecule has 6 nitrogen and oxygen atoms in total. The molecule has 1 aromatic carbocycles. The molecule has 3 aromatic rings. The lowest BCUT2D eigenvalue weighted by Crippen LogP contribution is -2.38. The molecular formula is C20H20N4O2S. The van der Waals surface area contributed by atoms with Crippen molar-refractivity contribution in [1.82, 2.24) is 20.1 Å². The Bertz CT molecular complexity index is 940. The molecule has 0 atom stereocenters. The zero-order valence-corrected chi connectivity index (χ0v) is 15.7. The molecule has 7 heteroatoms. The van der Waals surface area contributed by atoms with Crippen molar-refractivity contribution in [3.63, 3.8) is 0 Å². The molecule has 0 radical (unpaired) electrons. The average molecular weight is 380 g/mol. The summed E-state index contributed by atoms with van der Waals surface area (Å²) in [5.41, 5.74) is 1.58. The lowest BCUT2D eigenvalue weighted by molar-refractivity contribution is 0.0701. The Labute approximate surface area is 161 Å². The summed E-state index contributed by atoms with van der Waals surface area (Å²) >= 11 is 1.51. The summed E-state index contributed by atoms with van der Waals surface area (Å²) in [6, 6.07) is 9.96. The van der Waals surface area contributed by atoms with Crippen molar-refractivity contribution in [3.05, 3.63) is 53.2 Å². The second kappa shape index (κ2) is 6.88. The number of piperidine rings is 1. The molecule has 1 saturated heterocycles. The molecule has 0 N–H and O–H groups in total. The van der Waals surface area contributed by atoms with E-state index in [0.29, 0.717) is 24.7 Å². The van der Waals surface area contributed by atoms with Crippen molar-refractivity contribution >= 4 is 17.2 Å². The number of rotatable bonds is 4. The van der Waals surface area contributed by atoms with Crippen LogP contribution in [0.2, 0.25) is 0 Å². The van der Waals surface area contributed by atoms with E-state index in [9.17, 15) is 4.79 Å². The fraction of sp³-hybridized carbons (Fsp3) is 0.400. The zero-order chi connectivity index (χ0) is 18.2. The van der Waals surface area contributed by atoms with Crippen LogP contribution >= 0.6 is 11.3 Å². The van der Waals surface area contributed by atoms with Crippen molar-refractivity contribution in [2.24, 2.45) is 0 Å². The predicted octanol–water partition coefficient (Wildman–Crippen LogP) is 4.09. The lowest BCUT2D eigenvalue weighted by atomic mass is 9.96. The number of aromatic nitrogens is 3. The Morgan fingerprint density at radius 3 is 2.33 bits per heavy atom. The molecule has 3 heterocycles. The van der Waals surface area contributed by atoms with Crippen LogP contribution in [0.3, 0.4) is 0 Å². The second-order valence-electron chi connectivity index (χ2n) is 7.22. The third kappa shape index (κ3) is 3.39. The van der Waals surface area contributed by atoms with Gasteiger partial charge in [0.25, 0.3) is 5.91 Å². The molecule has 1 amide bonds. The summed E-state index contributed by atoms with van der Waals surface area (Å²) < 4.78 is 5.84. The van der Waals surface area contributed by atoms with E-state index in [-0.39, 0.29) is 11.8 Å². The average Bonchev–Trinajstić information content (AvgIpc) is 3.26. The summed E-state index contributed by atoms with van der Waals surface area (Å²) in [5, 5.41) is 11.2. The van der Waals surface area contributed by atoms with Gasteiger partial charge in [0, 0.05) is 35.9 Å². The maximum absolute atomic E-state index is 12.8. The fourth-order valence-corrected chi connectivity index (χ4v) is 4.28. The zero-order valence-electron chi connectivity index (χ0n) is 14.9. The summed E-state index contributed by atoms with van der Waals surface area (Å²) in [5.74, 6) is 2.28. The number of amides is 1. The van der Waals surface area contributed by atoms with Crippen LogP contribution in [0, 0.1) is 0 Å². The summed E-state index contributed by atoms with van der Waals surface area (Å²) in [4.78, 5) is 19.2. The highest BCUT2D eigenvalue weighted by atomic mass is 32.1. The molecule has 1 aliphatic carbocycles. The Hall–Kier alpha value is -2.54. The summed E-state index contributed by atoms with van der Waals surface area (Å²) in [7, 11) is 0. The Kier molecular flexibility index (Phi) is 4.24. The molecule has 2 aromatic heterocycles. The van der Waals surface area contributed by atoms with E-state index in [1.165, 1.54) is 11.3 Å². The third-order valence-corrected chi connectivity index (χ3v) is 6.15. The molecular weight excluding hydrogens is 360 g/mol. The van der Waals surface area contributed by atoms with Crippen molar-refractivity contribution in [2.75, 3.05) is 13.1 Å². The van der Waals surface area contributed by atoms with Gasteiger partial charge in [0.15, 0.2) is 0 Å². The van der Waals surface area contributed by atoms with Crippen LogP contribution in [0.5, 0.6) is 0 Å². The molecule has 0 spiro atoms. The largest absolute Gasteiger partial charge is 0.425 e. The van der Waals surface area contributed by atoms with Crippen molar-refractivity contribution in [3.8, 4) is 10.6 Å². The Morgan fingerprint density at radius 1 is 1.00 bits per heavy atom. The van der Waals surface area contributed by atoms with Crippen LogP contribution in [-0.4, -0.2) is 39.1 Å². The minimum Gasteiger partial charge on any atom is -0.425 e. The molecule has 27 heavy (non-hydrogen) atoms. The van der Waals surface area contributed by atoms with Crippen LogP contribution in [0.25, 0.3) is 10.6 Å². The molecule has 2 fully saturated rings. The van der Waals surface area contributed by atoms with Gasteiger partial charge in [0.05, 0.1) is 0 Å². The lowest BCUT2D eigenvalue weighted by Gasteiger charge is -2.29. The Balaban J connectivity index is 1.23. The van der Waals surface area contributed by atoms with Crippen LogP contribution in [0.15, 0.2) is 40.1 Å². The standard InChI is InChI=1S/C20H20N4O2S/c25-20(16-12-27-19(21-16)15-4-2-1-3-5-15)24-10-8-14(9-11-24)18-23-22-17(26-18)13-6-7-13/h1-5,12-14H,6-11H2. The highest BCUT2D eigenvalue weighted by molar-refractivity contribution is 7.13. The van der Waals surface area contributed by atoms with Gasteiger partial charge in [0.2, 0.25) is 11.8 Å². The molecule has 5 rings (SSSR count). The van der Waals surface area contributed by atoms with E-state index in [1.54, 1.807) is 0 Å². The summed E-state index contributed by atoms with van der Waals surface area (Å²) in [6.07, 6.45) is 4.03. The van der Waals surface area contributed by atoms with Crippen molar-refractivity contribution in [2.45, 2.75) is 37.5 Å². The quantitative estimate of drug-likeness (QED) is 0.682. The maximum Gasteiger partial charge on any atom is 0.273 e. The highest BCUT2D eigenvalue weighted by Crippen LogP contribution is 2.40. The number of likely N-dealkylation sites (tertiary alicyclic amines) is 1. The SMILES string of the molecule is O=C(c1csc(-c2ccccc2)n1)N1CCC(c2nnc(C3CC3)o2)CC1. The predicted molar refractivity (Wildman–Crippen MR) is 102 cm³/mol. The van der Waals surface area contributed by atoms with E-state index < -0.39 is 0 Å². The van der Waals surface area contributed by atoms with E-state index >= 15 is 0 Å². The van der Waals surface area contributed by atoms with E-state index in [4.69, 9.17) is 4.42 Å². The Morgan fingerprint density at radius 2 is 1.67 bits per heavy atom. The van der Waals surface area contributed by atoms with Gasteiger partial charge in [-0.3, -0.25) is 4.79 Å². The second-order valence-corrected chi connectivity index (χ2v) is 8.08. The van der Waals surface area contributed by atoms with Gasteiger partial charge in [-0.25, -0.2) is 4.98 Å². The van der Waals surface area contributed by atoms with Crippen LogP contribution in [-0.2, 0) is 0 Å². The molecule has 138 valence electrons. The first-order valence-electron chi connectivity index (χ1n) is 9.41. The van der Waals surface area contributed by atoms with Gasteiger partial charge < -0.3 is 9.32 Å². The van der Waals surface area contributed by atoms with E-state index in [2.05, 4.69) is 15.2 Å². The minimum atomic E-state index is 0.0103. The minimum absolute atomic E-state index is 0.0103. The van der Waals surface area contributed by atoms with Gasteiger partial charge in [-0.15, -0.1) is 21.5 Å². The highest BCUT2D eigenvalue weighted by Gasteiger charge is 2.32. The normalized spacial score (nSPS) is 18.0. The van der Waals surface area contributed by atoms with Gasteiger partial charge in [-0.2, -0.15) is 0 Å². The first-order chi connectivity index (χ1) is 13.3. The van der Waals surface area contributed by atoms with Gasteiger partial charge in [-0.1, -0.05) is 30.3 Å². The first-order valence-corrected chi connectivity index (χ1v) is 10.3. The van der Waals surface area contributed by atoms with E-state index in [1.807, 2.05) is 40.6 Å². The van der Waals surface area contributed by atoms with Gasteiger partial charge in [0.1, 0.15) is 10.7 Å². The van der Waals surface area contributed by atoms with Crippen molar-refractivity contribution < 1.29 is 9.21 Å². The number of carbonyl (C=O) groups excluding carboxylic acids is 1. The van der Waals surface area contributed by atoms with Crippen LogP contribution in [0.4, 0.5) is 0 Å². The molecule has 1 saturated carbocycles. The van der Waals surface area contributed by atoms with E-state index in [0.717, 1.165) is 48.0 Å². The topological polar surface area (TPSA) is 72.1 Å². The first kappa shape index (κ1) is 16.6. The number of carbonyl (C=O) groups is 1. The van der Waals surface area contributed by atoms with Crippen LogP contribution in [0.1, 0.15) is 59.8 Å². The van der Waals surface area contributed by atoms with Gasteiger partial charge in [-0.05, 0) is 25.7 Å². The maximum atomic E-state index is 12.8. The third-order valence-electron chi connectivity index (χ3n) is 5.26. The number of hydrogen-bond donors (Lipinski definition) is 0. The van der Waals surface area contributed by atoms with Crippen LogP contribution < -0.4 is 0 Å². The number of hydrogen-bond acceptors (Lipinski definition) is 6.